The molecule has 1 heterocycles. The Morgan fingerprint density at radius 2 is 1.76 bits per heavy atom. The highest BCUT2D eigenvalue weighted by atomic mass is 16.1. The van der Waals surface area contributed by atoms with E-state index in [2.05, 4.69) is 50.9 Å². The number of aromatic amines is 1. The Morgan fingerprint density at radius 3 is 2.29 bits per heavy atom. The molecule has 1 N–H and O–H groups in total. The van der Waals surface area contributed by atoms with Crippen LogP contribution >= 0.6 is 0 Å². The first-order chi connectivity index (χ1) is 9.76. The Hall–Kier alpha value is -1.83. The lowest BCUT2D eigenvalue weighted by molar-refractivity contribution is 0.506. The van der Waals surface area contributed by atoms with Crippen LogP contribution in [0.3, 0.4) is 0 Å². The third-order valence-electron chi connectivity index (χ3n) is 4.71. The van der Waals surface area contributed by atoms with E-state index >= 15 is 0 Å². The summed E-state index contributed by atoms with van der Waals surface area (Å²) in [6.07, 6.45) is 1.10. The molecule has 0 unspecified atom stereocenters. The fourth-order valence-corrected chi connectivity index (χ4v) is 2.49. The van der Waals surface area contributed by atoms with E-state index in [1.54, 1.807) is 6.07 Å². The molecule has 1 aromatic carbocycles. The summed E-state index contributed by atoms with van der Waals surface area (Å²) >= 11 is 0. The lowest BCUT2D eigenvalue weighted by atomic mass is 9.81. The van der Waals surface area contributed by atoms with Crippen molar-refractivity contribution in [2.24, 2.45) is 0 Å². The Bertz CT molecular complexity index is 723. The summed E-state index contributed by atoms with van der Waals surface area (Å²) in [5.41, 5.74) is 6.56. The average molecular weight is 283 g/mol. The number of nitrogens with one attached hydrogen (secondary N) is 1. The van der Waals surface area contributed by atoms with Crippen molar-refractivity contribution in [1.29, 1.82) is 0 Å². The van der Waals surface area contributed by atoms with Crippen LogP contribution in [0.15, 0.2) is 29.1 Å². The van der Waals surface area contributed by atoms with E-state index in [-0.39, 0.29) is 10.8 Å². The van der Waals surface area contributed by atoms with Crippen molar-refractivity contribution >= 4 is 0 Å². The Balaban J connectivity index is 2.54. The molecule has 112 valence electrons. The summed E-state index contributed by atoms with van der Waals surface area (Å²) < 4.78 is 0. The molecule has 2 heteroatoms. The van der Waals surface area contributed by atoms with Gasteiger partial charge >= 0.3 is 0 Å². The van der Waals surface area contributed by atoms with Crippen LogP contribution in [0, 0.1) is 20.8 Å². The van der Waals surface area contributed by atoms with Gasteiger partial charge in [0.05, 0.1) is 0 Å². The Labute approximate surface area is 127 Å². The molecule has 0 spiro atoms. The van der Waals surface area contributed by atoms with Gasteiger partial charge in [-0.2, -0.15) is 0 Å². The predicted molar refractivity (Wildman–Crippen MR) is 90.0 cm³/mol. The SMILES string of the molecule is CCC(C)(C)c1ccc(-c2cc(=O)c(C)c(C)[nH]2)c(C)c1. The number of pyridine rings is 1. The summed E-state index contributed by atoms with van der Waals surface area (Å²) in [5, 5.41) is 0. The van der Waals surface area contributed by atoms with E-state index in [9.17, 15) is 4.79 Å². The molecule has 0 bridgehead atoms. The number of benzene rings is 1. The molecule has 0 aliphatic rings. The van der Waals surface area contributed by atoms with Gasteiger partial charge in [-0.1, -0.05) is 39.0 Å². The fourth-order valence-electron chi connectivity index (χ4n) is 2.49. The first-order valence-electron chi connectivity index (χ1n) is 7.58. The first kappa shape index (κ1) is 15.6. The minimum atomic E-state index is 0.0959. The summed E-state index contributed by atoms with van der Waals surface area (Å²) in [5.74, 6) is 0. The summed E-state index contributed by atoms with van der Waals surface area (Å²) in [6.45, 7) is 12.7. The van der Waals surface area contributed by atoms with Crippen LogP contribution in [0.5, 0.6) is 0 Å². The lowest BCUT2D eigenvalue weighted by Crippen LogP contribution is -2.15. The zero-order valence-electron chi connectivity index (χ0n) is 13.9. The number of aromatic nitrogens is 1. The van der Waals surface area contributed by atoms with Crippen molar-refractivity contribution in [2.75, 3.05) is 0 Å². The highest BCUT2D eigenvalue weighted by molar-refractivity contribution is 5.64. The molecular weight excluding hydrogens is 258 g/mol. The Kier molecular flexibility index (Phi) is 4.08. The van der Waals surface area contributed by atoms with Gasteiger partial charge in [0, 0.05) is 28.6 Å². The molecule has 0 saturated carbocycles. The standard InChI is InChI=1S/C19H25NO/c1-7-19(5,6)15-8-9-16(12(2)10-15)17-11-18(21)13(3)14(4)20-17/h8-11H,7H2,1-6H3,(H,20,21). The fraction of sp³-hybridized carbons (Fsp3) is 0.421. The molecule has 0 atom stereocenters. The zero-order chi connectivity index (χ0) is 15.8. The predicted octanol–water partition coefficient (Wildman–Crippen LogP) is 4.65. The molecule has 2 aromatic rings. The van der Waals surface area contributed by atoms with Gasteiger partial charge in [-0.25, -0.2) is 0 Å². The number of rotatable bonds is 3. The second kappa shape index (κ2) is 5.51. The van der Waals surface area contributed by atoms with E-state index in [0.29, 0.717) is 0 Å². The van der Waals surface area contributed by atoms with Crippen LogP contribution in [-0.2, 0) is 5.41 Å². The van der Waals surface area contributed by atoms with Crippen LogP contribution in [0.25, 0.3) is 11.3 Å². The average Bonchev–Trinajstić information content (AvgIpc) is 2.44. The number of H-pyrrole nitrogens is 1. The minimum absolute atomic E-state index is 0.0959. The van der Waals surface area contributed by atoms with Crippen molar-refractivity contribution in [2.45, 2.75) is 53.4 Å². The number of aryl methyl sites for hydroxylation is 2. The van der Waals surface area contributed by atoms with Gasteiger partial charge < -0.3 is 4.98 Å². The first-order valence-corrected chi connectivity index (χ1v) is 7.58. The third-order valence-corrected chi connectivity index (χ3v) is 4.71. The normalized spacial score (nSPS) is 11.7. The van der Waals surface area contributed by atoms with Crippen LogP contribution in [0.2, 0.25) is 0 Å². The van der Waals surface area contributed by atoms with Crippen LogP contribution < -0.4 is 5.43 Å². The van der Waals surface area contributed by atoms with E-state index in [4.69, 9.17) is 0 Å². The van der Waals surface area contributed by atoms with Gasteiger partial charge in [0.15, 0.2) is 5.43 Å². The van der Waals surface area contributed by atoms with Gasteiger partial charge in [-0.05, 0) is 43.7 Å². The molecule has 2 rings (SSSR count). The second-order valence-corrected chi connectivity index (χ2v) is 6.56. The van der Waals surface area contributed by atoms with Crippen molar-refractivity contribution in [3.63, 3.8) is 0 Å². The monoisotopic (exact) mass is 283 g/mol. The van der Waals surface area contributed by atoms with Crippen LogP contribution in [-0.4, -0.2) is 4.98 Å². The maximum atomic E-state index is 12.0. The molecule has 21 heavy (non-hydrogen) atoms. The maximum Gasteiger partial charge on any atom is 0.185 e. The van der Waals surface area contributed by atoms with Gasteiger partial charge in [0.1, 0.15) is 0 Å². The van der Waals surface area contributed by atoms with Gasteiger partial charge in [0.25, 0.3) is 0 Å². The second-order valence-electron chi connectivity index (χ2n) is 6.56. The van der Waals surface area contributed by atoms with Gasteiger partial charge in [-0.3, -0.25) is 4.79 Å². The lowest BCUT2D eigenvalue weighted by Gasteiger charge is -2.24. The molecule has 0 aliphatic carbocycles. The van der Waals surface area contributed by atoms with Crippen LogP contribution in [0.4, 0.5) is 0 Å². The number of hydrogen-bond acceptors (Lipinski definition) is 1. The minimum Gasteiger partial charge on any atom is -0.358 e. The smallest absolute Gasteiger partial charge is 0.185 e. The van der Waals surface area contributed by atoms with E-state index in [0.717, 1.165) is 28.9 Å². The molecule has 2 nitrogen and oxygen atoms in total. The quantitative estimate of drug-likeness (QED) is 0.873. The number of hydrogen-bond donors (Lipinski definition) is 1. The Morgan fingerprint density at radius 1 is 1.10 bits per heavy atom. The molecule has 1 aromatic heterocycles. The third kappa shape index (κ3) is 2.94. The molecule has 0 fully saturated rings. The van der Waals surface area contributed by atoms with Crippen molar-refractivity contribution in [3.05, 3.63) is 56.9 Å². The van der Waals surface area contributed by atoms with Crippen molar-refractivity contribution < 1.29 is 0 Å². The molecular formula is C19H25NO. The van der Waals surface area contributed by atoms with Crippen molar-refractivity contribution in [1.82, 2.24) is 4.98 Å². The maximum absolute atomic E-state index is 12.0. The largest absolute Gasteiger partial charge is 0.358 e. The summed E-state index contributed by atoms with van der Waals surface area (Å²) in [4.78, 5) is 15.3. The van der Waals surface area contributed by atoms with Gasteiger partial charge in [0.2, 0.25) is 0 Å². The van der Waals surface area contributed by atoms with Crippen LogP contribution in [0.1, 0.15) is 49.6 Å². The molecule has 0 amide bonds. The van der Waals surface area contributed by atoms with Gasteiger partial charge in [-0.15, -0.1) is 0 Å². The highest BCUT2D eigenvalue weighted by Gasteiger charge is 2.19. The van der Waals surface area contributed by atoms with E-state index < -0.39 is 0 Å². The molecule has 0 saturated heterocycles. The molecule has 0 radical (unpaired) electrons. The topological polar surface area (TPSA) is 32.9 Å². The zero-order valence-corrected chi connectivity index (χ0v) is 13.9. The van der Waals surface area contributed by atoms with E-state index in [1.807, 2.05) is 13.8 Å². The molecule has 0 aliphatic heterocycles. The van der Waals surface area contributed by atoms with E-state index in [1.165, 1.54) is 11.1 Å². The summed E-state index contributed by atoms with van der Waals surface area (Å²) in [7, 11) is 0. The highest BCUT2D eigenvalue weighted by Crippen LogP contribution is 2.30. The summed E-state index contributed by atoms with van der Waals surface area (Å²) in [6, 6.07) is 8.25. The van der Waals surface area contributed by atoms with Crippen molar-refractivity contribution in [3.8, 4) is 11.3 Å².